The largest absolute Gasteiger partial charge is 0.220 e. The summed E-state index contributed by atoms with van der Waals surface area (Å²) in [6, 6.07) is 4.16. The number of halogens is 2. The first-order valence-electron chi connectivity index (χ1n) is 5.36. The Morgan fingerprint density at radius 1 is 1.29 bits per heavy atom. The molecule has 1 heterocycles. The fraction of sp³-hybridized carbons (Fsp3) is 0.333. The zero-order valence-electron chi connectivity index (χ0n) is 9.74. The second-order valence-electron chi connectivity index (χ2n) is 3.99. The van der Waals surface area contributed by atoms with Gasteiger partial charge in [-0.15, -0.1) is 16.7 Å². The van der Waals surface area contributed by atoms with Crippen LogP contribution in [0.2, 0.25) is 0 Å². The van der Waals surface area contributed by atoms with Crippen molar-refractivity contribution >= 4 is 27.5 Å². The number of aromatic nitrogens is 3. The van der Waals surface area contributed by atoms with Gasteiger partial charge in [-0.1, -0.05) is 21.1 Å². The van der Waals surface area contributed by atoms with Gasteiger partial charge in [0.1, 0.15) is 0 Å². The number of alkyl halides is 1. The molecule has 2 aromatic rings. The van der Waals surface area contributed by atoms with Crippen LogP contribution in [0.4, 0.5) is 0 Å². The maximum absolute atomic E-state index is 5.68. The van der Waals surface area contributed by atoms with Crippen molar-refractivity contribution in [2.75, 3.05) is 5.88 Å². The number of nitrogens with zero attached hydrogens (tertiary/aromatic N) is 3. The first-order valence-corrected chi connectivity index (χ1v) is 6.69. The van der Waals surface area contributed by atoms with Gasteiger partial charge < -0.3 is 0 Å². The Bertz CT molecular complexity index is 513. The summed E-state index contributed by atoms with van der Waals surface area (Å²) in [5.41, 5.74) is 4.32. The minimum Gasteiger partial charge on any atom is -0.220 e. The molecule has 0 aliphatic carbocycles. The van der Waals surface area contributed by atoms with Crippen LogP contribution in [-0.4, -0.2) is 20.9 Å². The van der Waals surface area contributed by atoms with Crippen LogP contribution in [0, 0.1) is 13.8 Å². The number of hydrogen-bond acceptors (Lipinski definition) is 2. The third-order valence-corrected chi connectivity index (χ3v) is 4.02. The molecule has 0 bridgehead atoms. The molecule has 0 fully saturated rings. The molecular formula is C12H13BrClN3. The highest BCUT2D eigenvalue weighted by Crippen LogP contribution is 2.24. The Morgan fingerprint density at radius 2 is 1.94 bits per heavy atom. The molecule has 0 spiro atoms. The fourth-order valence-electron chi connectivity index (χ4n) is 1.69. The highest BCUT2D eigenvalue weighted by Gasteiger charge is 2.06. The monoisotopic (exact) mass is 313 g/mol. The third-order valence-electron chi connectivity index (χ3n) is 2.58. The molecule has 3 nitrogen and oxygen atoms in total. The van der Waals surface area contributed by atoms with E-state index in [4.69, 9.17) is 11.6 Å². The van der Waals surface area contributed by atoms with E-state index < -0.39 is 0 Å². The van der Waals surface area contributed by atoms with Crippen molar-refractivity contribution < 1.29 is 0 Å². The highest BCUT2D eigenvalue weighted by molar-refractivity contribution is 9.10. The van der Waals surface area contributed by atoms with E-state index in [9.17, 15) is 0 Å². The summed E-state index contributed by atoms with van der Waals surface area (Å²) in [5, 5.41) is 8.19. The lowest BCUT2D eigenvalue weighted by atomic mass is 10.1. The SMILES string of the molecule is Cc1cc(-n2cc(CCCl)nn2)cc(C)c1Br. The molecule has 0 N–H and O–H groups in total. The molecule has 0 radical (unpaired) electrons. The molecule has 0 unspecified atom stereocenters. The van der Waals surface area contributed by atoms with Crippen molar-refractivity contribution in [2.45, 2.75) is 20.3 Å². The molecule has 5 heteroatoms. The van der Waals surface area contributed by atoms with Gasteiger partial charge >= 0.3 is 0 Å². The smallest absolute Gasteiger partial charge is 0.0843 e. The van der Waals surface area contributed by atoms with Gasteiger partial charge in [0.25, 0.3) is 0 Å². The van der Waals surface area contributed by atoms with Crippen LogP contribution < -0.4 is 0 Å². The van der Waals surface area contributed by atoms with Gasteiger partial charge in [0.05, 0.1) is 17.6 Å². The van der Waals surface area contributed by atoms with Gasteiger partial charge in [-0.25, -0.2) is 4.68 Å². The van der Waals surface area contributed by atoms with E-state index in [-0.39, 0.29) is 0 Å². The Balaban J connectivity index is 2.39. The van der Waals surface area contributed by atoms with Crippen LogP contribution in [0.3, 0.4) is 0 Å². The Labute approximate surface area is 114 Å². The molecule has 0 atom stereocenters. The standard InChI is InChI=1S/C12H13BrClN3/c1-8-5-11(6-9(2)12(8)13)17-7-10(3-4-14)15-16-17/h5-7H,3-4H2,1-2H3. The first-order chi connectivity index (χ1) is 8.11. The topological polar surface area (TPSA) is 30.7 Å². The zero-order valence-corrected chi connectivity index (χ0v) is 12.1. The van der Waals surface area contributed by atoms with Crippen molar-refractivity contribution in [2.24, 2.45) is 0 Å². The van der Waals surface area contributed by atoms with Crippen LogP contribution in [0.1, 0.15) is 16.8 Å². The number of aryl methyl sites for hydroxylation is 3. The van der Waals surface area contributed by atoms with Gasteiger partial charge in [-0.2, -0.15) is 0 Å². The first kappa shape index (κ1) is 12.6. The van der Waals surface area contributed by atoms with Gasteiger partial charge in [0, 0.05) is 16.8 Å². The van der Waals surface area contributed by atoms with E-state index in [0.717, 1.165) is 22.3 Å². The lowest BCUT2D eigenvalue weighted by molar-refractivity contribution is 0.796. The molecule has 1 aromatic heterocycles. The van der Waals surface area contributed by atoms with E-state index in [1.54, 1.807) is 4.68 Å². The molecule has 0 aliphatic heterocycles. The summed E-state index contributed by atoms with van der Waals surface area (Å²) in [5.74, 6) is 0.567. The van der Waals surface area contributed by atoms with Gasteiger partial charge in [0.15, 0.2) is 0 Å². The van der Waals surface area contributed by atoms with Crippen LogP contribution in [0.25, 0.3) is 5.69 Å². The minimum absolute atomic E-state index is 0.567. The van der Waals surface area contributed by atoms with Crippen LogP contribution in [0.15, 0.2) is 22.8 Å². The number of hydrogen-bond donors (Lipinski definition) is 0. The molecule has 0 saturated carbocycles. The summed E-state index contributed by atoms with van der Waals surface area (Å²) in [6.07, 6.45) is 2.67. The average molecular weight is 315 g/mol. The van der Waals surface area contributed by atoms with Crippen LogP contribution in [0.5, 0.6) is 0 Å². The predicted octanol–water partition coefficient (Wildman–Crippen LogP) is 3.43. The summed E-state index contributed by atoms with van der Waals surface area (Å²) in [4.78, 5) is 0. The zero-order chi connectivity index (χ0) is 12.4. The van der Waals surface area contributed by atoms with Crippen molar-refractivity contribution in [3.05, 3.63) is 39.6 Å². The molecule has 0 amide bonds. The maximum atomic E-state index is 5.68. The van der Waals surface area contributed by atoms with E-state index in [1.807, 2.05) is 6.20 Å². The second kappa shape index (κ2) is 5.19. The van der Waals surface area contributed by atoms with Gasteiger partial charge in [0.2, 0.25) is 0 Å². The summed E-state index contributed by atoms with van der Waals surface area (Å²) in [6.45, 7) is 4.13. The molecule has 0 aliphatic rings. The van der Waals surface area contributed by atoms with Crippen molar-refractivity contribution in [3.8, 4) is 5.69 Å². The van der Waals surface area contributed by atoms with E-state index in [2.05, 4.69) is 52.2 Å². The lowest BCUT2D eigenvalue weighted by Gasteiger charge is -2.07. The van der Waals surface area contributed by atoms with Crippen molar-refractivity contribution in [1.29, 1.82) is 0 Å². The molecule has 1 aromatic carbocycles. The summed E-state index contributed by atoms with van der Waals surface area (Å²) < 4.78 is 2.93. The molecule has 2 rings (SSSR count). The minimum atomic E-state index is 0.567. The lowest BCUT2D eigenvalue weighted by Crippen LogP contribution is -1.97. The van der Waals surface area contributed by atoms with E-state index in [0.29, 0.717) is 5.88 Å². The van der Waals surface area contributed by atoms with E-state index >= 15 is 0 Å². The van der Waals surface area contributed by atoms with Gasteiger partial charge in [-0.05, 0) is 37.1 Å². The number of benzene rings is 1. The van der Waals surface area contributed by atoms with E-state index in [1.165, 1.54) is 11.1 Å². The fourth-order valence-corrected chi connectivity index (χ4v) is 2.11. The second-order valence-corrected chi connectivity index (χ2v) is 5.16. The van der Waals surface area contributed by atoms with Crippen molar-refractivity contribution in [3.63, 3.8) is 0 Å². The maximum Gasteiger partial charge on any atom is 0.0843 e. The highest BCUT2D eigenvalue weighted by atomic mass is 79.9. The summed E-state index contributed by atoms with van der Waals surface area (Å²) in [7, 11) is 0. The molecule has 17 heavy (non-hydrogen) atoms. The summed E-state index contributed by atoms with van der Waals surface area (Å²) >= 11 is 9.23. The Hall–Kier alpha value is -0.870. The molecule has 90 valence electrons. The molecule has 0 saturated heterocycles. The average Bonchev–Trinajstić information content (AvgIpc) is 2.74. The number of rotatable bonds is 3. The third kappa shape index (κ3) is 2.69. The van der Waals surface area contributed by atoms with Gasteiger partial charge in [-0.3, -0.25) is 0 Å². The van der Waals surface area contributed by atoms with Crippen molar-refractivity contribution in [1.82, 2.24) is 15.0 Å². The Kier molecular flexibility index (Phi) is 3.84. The molecular weight excluding hydrogens is 302 g/mol. The predicted molar refractivity (Wildman–Crippen MR) is 73.0 cm³/mol. The van der Waals surface area contributed by atoms with Crippen LogP contribution >= 0.6 is 27.5 Å². The quantitative estimate of drug-likeness (QED) is 0.813. The Morgan fingerprint density at radius 3 is 2.53 bits per heavy atom. The normalized spacial score (nSPS) is 10.8. The van der Waals surface area contributed by atoms with Crippen LogP contribution in [-0.2, 0) is 6.42 Å².